The Kier molecular flexibility index (Phi) is 15.0. The van der Waals surface area contributed by atoms with Gasteiger partial charge in [-0.1, -0.05) is 64.7 Å². The third kappa shape index (κ3) is 18.9. The SMILES string of the molecule is CCCCCCCCCCCCOC(=O)/C=C/C(=O)OOOC(C)(C)C. The summed E-state index contributed by atoms with van der Waals surface area (Å²) in [6.45, 7) is 7.80. The topological polar surface area (TPSA) is 71.1 Å². The van der Waals surface area contributed by atoms with Gasteiger partial charge >= 0.3 is 11.9 Å². The molecule has 0 fully saturated rings. The minimum absolute atomic E-state index is 0.359. The Hall–Kier alpha value is -1.40. The van der Waals surface area contributed by atoms with Crippen LogP contribution < -0.4 is 0 Å². The fourth-order valence-electron chi connectivity index (χ4n) is 2.13. The van der Waals surface area contributed by atoms with Gasteiger partial charge in [-0.2, -0.15) is 4.89 Å². The second-order valence-corrected chi connectivity index (χ2v) is 7.35. The molecule has 0 aliphatic heterocycles. The number of unbranched alkanes of at least 4 members (excludes halogenated alkanes) is 9. The Bertz CT molecular complexity index is 398. The molecule has 26 heavy (non-hydrogen) atoms. The number of rotatable bonds is 15. The van der Waals surface area contributed by atoms with Gasteiger partial charge in [0.05, 0.1) is 12.2 Å². The number of hydrogen-bond acceptors (Lipinski definition) is 6. The highest BCUT2D eigenvalue weighted by Crippen LogP contribution is 2.10. The molecule has 0 rings (SSSR count). The Morgan fingerprint density at radius 1 is 0.769 bits per heavy atom. The maximum Gasteiger partial charge on any atom is 0.369 e. The van der Waals surface area contributed by atoms with Crippen LogP contribution >= 0.6 is 0 Å². The minimum Gasteiger partial charge on any atom is -0.463 e. The molecule has 0 saturated carbocycles. The maximum absolute atomic E-state index is 11.5. The van der Waals surface area contributed by atoms with E-state index in [4.69, 9.17) is 9.62 Å². The first-order valence-electron chi connectivity index (χ1n) is 9.76. The Morgan fingerprint density at radius 3 is 1.81 bits per heavy atom. The molecule has 0 aromatic rings. The normalized spacial score (nSPS) is 11.7. The van der Waals surface area contributed by atoms with Gasteiger partial charge in [-0.3, -0.25) is 4.89 Å². The van der Waals surface area contributed by atoms with Crippen molar-refractivity contribution in [1.82, 2.24) is 0 Å². The van der Waals surface area contributed by atoms with Crippen molar-refractivity contribution in [3.8, 4) is 0 Å². The van der Waals surface area contributed by atoms with Crippen molar-refractivity contribution in [3.63, 3.8) is 0 Å². The van der Waals surface area contributed by atoms with E-state index in [0.29, 0.717) is 6.61 Å². The van der Waals surface area contributed by atoms with E-state index in [1.54, 1.807) is 20.8 Å². The summed E-state index contributed by atoms with van der Waals surface area (Å²) in [7, 11) is 0. The quantitative estimate of drug-likeness (QED) is 0.129. The molecule has 6 nitrogen and oxygen atoms in total. The van der Waals surface area contributed by atoms with E-state index in [1.807, 2.05) is 0 Å². The van der Waals surface area contributed by atoms with Gasteiger partial charge in [0.15, 0.2) is 0 Å². The molecule has 0 N–H and O–H groups in total. The number of hydrogen-bond donors (Lipinski definition) is 0. The van der Waals surface area contributed by atoms with Crippen molar-refractivity contribution >= 4 is 11.9 Å². The van der Waals surface area contributed by atoms with Gasteiger partial charge in [0.25, 0.3) is 0 Å². The van der Waals surface area contributed by atoms with Crippen molar-refractivity contribution in [2.24, 2.45) is 0 Å². The van der Waals surface area contributed by atoms with E-state index in [2.05, 4.69) is 16.8 Å². The summed E-state index contributed by atoms with van der Waals surface area (Å²) in [5.74, 6) is -1.42. The van der Waals surface area contributed by atoms with Gasteiger partial charge in [-0.25, -0.2) is 9.59 Å². The van der Waals surface area contributed by atoms with E-state index in [-0.39, 0.29) is 0 Å². The molecule has 0 heterocycles. The molecule has 0 atom stereocenters. The summed E-state index contributed by atoms with van der Waals surface area (Å²) < 4.78 is 5.02. The van der Waals surface area contributed by atoms with Crippen LogP contribution in [-0.4, -0.2) is 24.1 Å². The molecule has 0 aromatic carbocycles. The summed E-state index contributed by atoms with van der Waals surface area (Å²) in [5.41, 5.74) is -0.599. The van der Waals surface area contributed by atoms with Crippen LogP contribution in [0.15, 0.2) is 12.2 Å². The monoisotopic (exact) mass is 372 g/mol. The van der Waals surface area contributed by atoms with E-state index in [9.17, 15) is 9.59 Å². The number of carbonyl (C=O) groups excluding carboxylic acids is 2. The van der Waals surface area contributed by atoms with Gasteiger partial charge in [-0.15, -0.1) is 0 Å². The van der Waals surface area contributed by atoms with Crippen molar-refractivity contribution in [2.45, 2.75) is 97.5 Å². The highest BCUT2D eigenvalue weighted by molar-refractivity contribution is 5.91. The van der Waals surface area contributed by atoms with E-state index < -0.39 is 17.5 Å². The highest BCUT2D eigenvalue weighted by Gasteiger charge is 2.13. The number of esters is 1. The van der Waals surface area contributed by atoms with Crippen LogP contribution in [0.5, 0.6) is 0 Å². The Morgan fingerprint density at radius 2 is 1.27 bits per heavy atom. The summed E-state index contributed by atoms with van der Waals surface area (Å²) in [4.78, 5) is 31.8. The van der Waals surface area contributed by atoms with Crippen LogP contribution in [0.4, 0.5) is 0 Å². The minimum atomic E-state index is -0.842. The molecule has 0 radical (unpaired) electrons. The maximum atomic E-state index is 11.5. The van der Waals surface area contributed by atoms with Gasteiger partial charge in [0, 0.05) is 12.2 Å². The molecule has 0 unspecified atom stereocenters. The number of carbonyl (C=O) groups is 2. The third-order valence-corrected chi connectivity index (χ3v) is 3.50. The lowest BCUT2D eigenvalue weighted by Gasteiger charge is -2.14. The fourth-order valence-corrected chi connectivity index (χ4v) is 2.13. The zero-order valence-corrected chi connectivity index (χ0v) is 16.9. The molecule has 0 aromatic heterocycles. The molecular formula is C20H36O6. The summed E-state index contributed by atoms with van der Waals surface area (Å²) >= 11 is 0. The highest BCUT2D eigenvalue weighted by atomic mass is 17.5. The lowest BCUT2D eigenvalue weighted by atomic mass is 10.1. The zero-order valence-electron chi connectivity index (χ0n) is 16.9. The van der Waals surface area contributed by atoms with Crippen molar-refractivity contribution < 1.29 is 29.1 Å². The average Bonchev–Trinajstić information content (AvgIpc) is 2.56. The second-order valence-electron chi connectivity index (χ2n) is 7.35. The molecule has 0 bridgehead atoms. The average molecular weight is 373 g/mol. The van der Waals surface area contributed by atoms with Crippen molar-refractivity contribution in [3.05, 3.63) is 12.2 Å². The van der Waals surface area contributed by atoms with Crippen LogP contribution in [0.25, 0.3) is 0 Å². The van der Waals surface area contributed by atoms with Gasteiger partial charge in [0.1, 0.15) is 0 Å². The van der Waals surface area contributed by atoms with Crippen molar-refractivity contribution in [1.29, 1.82) is 0 Å². The molecular weight excluding hydrogens is 336 g/mol. The fraction of sp³-hybridized carbons (Fsp3) is 0.800. The Labute approximate surface area is 158 Å². The molecule has 0 aliphatic carbocycles. The summed E-state index contributed by atoms with van der Waals surface area (Å²) in [6.07, 6.45) is 14.2. The summed E-state index contributed by atoms with van der Waals surface area (Å²) in [5, 5.41) is 4.31. The zero-order chi connectivity index (χ0) is 19.7. The standard InChI is InChI=1S/C20H36O6/c1-5-6-7-8-9-10-11-12-13-14-17-23-18(21)15-16-19(22)24-26-25-20(2,3)4/h15-16H,5-14,17H2,1-4H3/b16-15+. The molecule has 0 aliphatic rings. The first kappa shape index (κ1) is 24.6. The Balaban J connectivity index is 3.49. The second kappa shape index (κ2) is 15.8. The molecule has 152 valence electrons. The van der Waals surface area contributed by atoms with Gasteiger partial charge in [0.2, 0.25) is 0 Å². The smallest absolute Gasteiger partial charge is 0.369 e. The first-order chi connectivity index (χ1) is 12.3. The molecule has 0 saturated heterocycles. The van der Waals surface area contributed by atoms with Gasteiger partial charge in [-0.05, 0) is 32.2 Å². The lowest BCUT2D eigenvalue weighted by molar-refractivity contribution is -0.513. The predicted octanol–water partition coefficient (Wildman–Crippen LogP) is 5.21. The van der Waals surface area contributed by atoms with Crippen LogP contribution in [0.3, 0.4) is 0 Å². The predicted molar refractivity (Wildman–Crippen MR) is 100.0 cm³/mol. The van der Waals surface area contributed by atoms with E-state index in [0.717, 1.165) is 25.0 Å². The first-order valence-corrected chi connectivity index (χ1v) is 9.76. The largest absolute Gasteiger partial charge is 0.463 e. The molecule has 6 heteroatoms. The van der Waals surface area contributed by atoms with E-state index in [1.165, 1.54) is 51.4 Å². The van der Waals surface area contributed by atoms with Crippen LogP contribution in [0.2, 0.25) is 0 Å². The molecule has 0 amide bonds. The third-order valence-electron chi connectivity index (χ3n) is 3.50. The van der Waals surface area contributed by atoms with Crippen molar-refractivity contribution in [2.75, 3.05) is 6.61 Å². The van der Waals surface area contributed by atoms with Crippen LogP contribution in [0.1, 0.15) is 91.9 Å². The van der Waals surface area contributed by atoms with E-state index >= 15 is 0 Å². The molecule has 0 spiro atoms. The van der Waals surface area contributed by atoms with Crippen LogP contribution in [-0.2, 0) is 29.1 Å². The van der Waals surface area contributed by atoms with Gasteiger partial charge < -0.3 is 4.74 Å². The lowest BCUT2D eigenvalue weighted by Crippen LogP contribution is -2.20. The summed E-state index contributed by atoms with van der Waals surface area (Å²) in [6, 6.07) is 0. The van der Waals surface area contributed by atoms with Crippen LogP contribution in [0, 0.1) is 0 Å². The number of ether oxygens (including phenoxy) is 1.